The minimum absolute atomic E-state index is 0.213. The van der Waals surface area contributed by atoms with Crippen LogP contribution >= 0.6 is 0 Å². The first kappa shape index (κ1) is 15.4. The van der Waals surface area contributed by atoms with E-state index in [4.69, 9.17) is 9.84 Å². The van der Waals surface area contributed by atoms with E-state index in [2.05, 4.69) is 0 Å². The van der Waals surface area contributed by atoms with E-state index in [0.717, 1.165) is 28.2 Å². The third-order valence-electron chi connectivity index (χ3n) is 4.71. The largest absolute Gasteiger partial charge is 0.415 e. The Hall–Kier alpha value is -3.08. The molecule has 2 aromatic carbocycles. The van der Waals surface area contributed by atoms with Crippen LogP contribution in [0, 0.1) is 13.8 Å². The SMILES string of the molecule is Cc1nn(-c2ccccc2)c(C)c1C1c2ccccc2OC(=O)N1C. The van der Waals surface area contributed by atoms with E-state index in [1.54, 1.807) is 11.9 Å². The van der Waals surface area contributed by atoms with Gasteiger partial charge in [0.15, 0.2) is 0 Å². The number of hydrogen-bond acceptors (Lipinski definition) is 3. The summed E-state index contributed by atoms with van der Waals surface area (Å²) < 4.78 is 7.36. The van der Waals surface area contributed by atoms with Gasteiger partial charge in [-0.25, -0.2) is 9.48 Å². The van der Waals surface area contributed by atoms with Gasteiger partial charge in [-0.05, 0) is 32.0 Å². The van der Waals surface area contributed by atoms with Gasteiger partial charge in [0.1, 0.15) is 5.75 Å². The molecule has 1 atom stereocenters. The van der Waals surface area contributed by atoms with Gasteiger partial charge in [-0.1, -0.05) is 36.4 Å². The Bertz CT molecular complexity index is 947. The van der Waals surface area contributed by atoms with E-state index >= 15 is 0 Å². The van der Waals surface area contributed by atoms with Crippen molar-refractivity contribution in [1.29, 1.82) is 0 Å². The van der Waals surface area contributed by atoms with Crippen molar-refractivity contribution in [1.82, 2.24) is 14.7 Å². The summed E-state index contributed by atoms with van der Waals surface area (Å²) in [6.45, 7) is 4.02. The van der Waals surface area contributed by atoms with Crippen LogP contribution in [0.5, 0.6) is 5.75 Å². The number of fused-ring (bicyclic) bond motifs is 1. The summed E-state index contributed by atoms with van der Waals surface area (Å²) in [6.07, 6.45) is -0.352. The fourth-order valence-corrected chi connectivity index (χ4v) is 3.50. The van der Waals surface area contributed by atoms with Gasteiger partial charge in [0.05, 0.1) is 17.4 Å². The molecule has 126 valence electrons. The Labute approximate surface area is 146 Å². The topological polar surface area (TPSA) is 47.4 Å². The molecule has 4 rings (SSSR count). The molecule has 5 nitrogen and oxygen atoms in total. The molecule has 1 amide bonds. The fourth-order valence-electron chi connectivity index (χ4n) is 3.50. The van der Waals surface area contributed by atoms with Crippen molar-refractivity contribution in [3.05, 3.63) is 77.1 Å². The van der Waals surface area contributed by atoms with Crippen molar-refractivity contribution in [3.63, 3.8) is 0 Å². The second kappa shape index (κ2) is 5.77. The lowest BCUT2D eigenvalue weighted by atomic mass is 9.94. The average Bonchev–Trinajstić information content (AvgIpc) is 2.92. The summed E-state index contributed by atoms with van der Waals surface area (Å²) in [5.74, 6) is 0.613. The Kier molecular flexibility index (Phi) is 3.57. The molecule has 0 fully saturated rings. The molecule has 3 aromatic rings. The van der Waals surface area contributed by atoms with Crippen LogP contribution in [0.1, 0.15) is 28.6 Å². The maximum absolute atomic E-state index is 12.3. The Morgan fingerprint density at radius 1 is 1.00 bits per heavy atom. The maximum Gasteiger partial charge on any atom is 0.415 e. The lowest BCUT2D eigenvalue weighted by Crippen LogP contribution is -2.38. The predicted octanol–water partition coefficient (Wildman–Crippen LogP) is 4.02. The molecule has 25 heavy (non-hydrogen) atoms. The Morgan fingerprint density at radius 3 is 2.44 bits per heavy atom. The van der Waals surface area contributed by atoms with Crippen LogP contribution in [0.25, 0.3) is 5.69 Å². The lowest BCUT2D eigenvalue weighted by molar-refractivity contribution is 0.140. The molecule has 0 spiro atoms. The van der Waals surface area contributed by atoms with Gasteiger partial charge in [0, 0.05) is 23.9 Å². The molecular weight excluding hydrogens is 314 g/mol. The number of carbonyl (C=O) groups excluding carboxylic acids is 1. The van der Waals surface area contributed by atoms with E-state index in [1.165, 1.54) is 0 Å². The number of aryl methyl sites for hydroxylation is 1. The van der Waals surface area contributed by atoms with Crippen LogP contribution in [-0.2, 0) is 0 Å². The van der Waals surface area contributed by atoms with Crippen molar-refractivity contribution in [3.8, 4) is 11.4 Å². The minimum atomic E-state index is -0.352. The van der Waals surface area contributed by atoms with E-state index in [9.17, 15) is 4.79 Å². The molecule has 2 heterocycles. The van der Waals surface area contributed by atoms with Gasteiger partial charge in [0.25, 0.3) is 0 Å². The lowest BCUT2D eigenvalue weighted by Gasteiger charge is -2.33. The van der Waals surface area contributed by atoms with Crippen molar-refractivity contribution in [2.75, 3.05) is 7.05 Å². The number of nitrogens with zero attached hydrogens (tertiary/aromatic N) is 3. The van der Waals surface area contributed by atoms with Gasteiger partial charge in [-0.3, -0.25) is 4.90 Å². The van der Waals surface area contributed by atoms with Gasteiger partial charge in [0.2, 0.25) is 0 Å². The van der Waals surface area contributed by atoms with Crippen LogP contribution in [0.4, 0.5) is 4.79 Å². The minimum Gasteiger partial charge on any atom is -0.410 e. The number of rotatable bonds is 2. The van der Waals surface area contributed by atoms with Crippen molar-refractivity contribution in [2.45, 2.75) is 19.9 Å². The zero-order valence-electron chi connectivity index (χ0n) is 14.4. The van der Waals surface area contributed by atoms with Crippen molar-refractivity contribution >= 4 is 6.09 Å². The number of aromatic nitrogens is 2. The smallest absolute Gasteiger partial charge is 0.410 e. The first-order valence-corrected chi connectivity index (χ1v) is 8.23. The zero-order chi connectivity index (χ0) is 17.6. The molecule has 0 N–H and O–H groups in total. The fraction of sp³-hybridized carbons (Fsp3) is 0.200. The van der Waals surface area contributed by atoms with Gasteiger partial charge in [-0.2, -0.15) is 5.10 Å². The van der Waals surface area contributed by atoms with Crippen LogP contribution in [0.3, 0.4) is 0 Å². The quantitative estimate of drug-likeness (QED) is 0.711. The van der Waals surface area contributed by atoms with Crippen LogP contribution < -0.4 is 4.74 Å². The molecule has 0 saturated heterocycles. The number of carbonyl (C=O) groups is 1. The molecule has 1 aliphatic heterocycles. The first-order valence-electron chi connectivity index (χ1n) is 8.23. The Balaban J connectivity index is 1.91. The number of benzene rings is 2. The summed E-state index contributed by atoms with van der Waals surface area (Å²) in [7, 11) is 1.77. The normalized spacial score (nSPS) is 16.5. The average molecular weight is 333 g/mol. The van der Waals surface area contributed by atoms with Gasteiger partial charge >= 0.3 is 6.09 Å². The highest BCUT2D eigenvalue weighted by Gasteiger charge is 2.36. The second-order valence-corrected chi connectivity index (χ2v) is 6.25. The number of para-hydroxylation sites is 2. The second-order valence-electron chi connectivity index (χ2n) is 6.25. The number of hydrogen-bond donors (Lipinski definition) is 0. The Morgan fingerprint density at radius 2 is 1.68 bits per heavy atom. The highest BCUT2D eigenvalue weighted by Crippen LogP contribution is 2.40. The van der Waals surface area contributed by atoms with Gasteiger partial charge < -0.3 is 4.74 Å². The van der Waals surface area contributed by atoms with Crippen molar-refractivity contribution in [2.24, 2.45) is 0 Å². The zero-order valence-corrected chi connectivity index (χ0v) is 14.4. The molecule has 0 radical (unpaired) electrons. The first-order chi connectivity index (χ1) is 12.1. The maximum atomic E-state index is 12.3. The predicted molar refractivity (Wildman–Crippen MR) is 95.1 cm³/mol. The highest BCUT2D eigenvalue weighted by molar-refractivity contribution is 5.75. The number of amides is 1. The molecule has 0 saturated carbocycles. The highest BCUT2D eigenvalue weighted by atomic mass is 16.6. The summed E-state index contributed by atoms with van der Waals surface area (Å²) in [5, 5.41) is 4.73. The van der Waals surface area contributed by atoms with E-state index in [1.807, 2.05) is 73.1 Å². The standard InChI is InChI=1S/C20H19N3O2/c1-13-18(14(2)23(21-13)15-9-5-4-6-10-15)19-16-11-7-8-12-17(16)25-20(24)22(19)3/h4-12,19H,1-3H3. The summed E-state index contributed by atoms with van der Waals surface area (Å²) in [5.41, 5.74) is 4.94. The monoisotopic (exact) mass is 333 g/mol. The molecule has 5 heteroatoms. The molecule has 1 unspecified atom stereocenters. The van der Waals surface area contributed by atoms with Crippen molar-refractivity contribution < 1.29 is 9.53 Å². The number of ether oxygens (including phenoxy) is 1. The molecule has 0 bridgehead atoms. The van der Waals surface area contributed by atoms with Crippen LogP contribution in [0.15, 0.2) is 54.6 Å². The molecule has 0 aliphatic carbocycles. The van der Waals surface area contributed by atoms with E-state index < -0.39 is 0 Å². The summed E-state index contributed by atoms with van der Waals surface area (Å²) in [4.78, 5) is 14.0. The third kappa shape index (κ3) is 2.39. The summed E-state index contributed by atoms with van der Waals surface area (Å²) in [6, 6.07) is 17.5. The van der Waals surface area contributed by atoms with Gasteiger partial charge in [-0.15, -0.1) is 0 Å². The summed E-state index contributed by atoms with van der Waals surface area (Å²) >= 11 is 0. The van der Waals surface area contributed by atoms with E-state index in [0.29, 0.717) is 5.75 Å². The van der Waals surface area contributed by atoms with Crippen LogP contribution in [0.2, 0.25) is 0 Å². The third-order valence-corrected chi connectivity index (χ3v) is 4.71. The molecule has 1 aromatic heterocycles. The molecule has 1 aliphatic rings. The van der Waals surface area contributed by atoms with E-state index in [-0.39, 0.29) is 12.1 Å². The molecular formula is C20H19N3O2. The van der Waals surface area contributed by atoms with Crippen LogP contribution in [-0.4, -0.2) is 27.8 Å².